The molecule has 0 bridgehead atoms. The minimum atomic E-state index is -0.649. The highest BCUT2D eigenvalue weighted by Crippen LogP contribution is 2.33. The molecule has 7 nitrogen and oxygen atoms in total. The van der Waals surface area contributed by atoms with Gasteiger partial charge in [-0.05, 0) is 54.2 Å². The molecule has 0 saturated carbocycles. The zero-order valence-electron chi connectivity index (χ0n) is 26.5. The molecular formula is C38H36N4O3S. The molecule has 3 aromatic carbocycles. The number of fused-ring (bicyclic) bond motifs is 2. The molecule has 0 aliphatic carbocycles. The quantitative estimate of drug-likeness (QED) is 0.173. The molecule has 1 atom stereocenters. The summed E-state index contributed by atoms with van der Waals surface area (Å²) in [7, 11) is 0. The number of benzene rings is 3. The first-order chi connectivity index (χ1) is 22.3. The fourth-order valence-electron chi connectivity index (χ4n) is 6.11. The number of para-hydroxylation sites is 1. The Kier molecular flexibility index (Phi) is 8.87. The minimum Gasteiger partial charge on any atom is -0.463 e. The fraction of sp³-hybridized carbons (Fsp3) is 0.263. The molecule has 46 heavy (non-hydrogen) atoms. The predicted octanol–water partition coefficient (Wildman–Crippen LogP) is 6.58. The number of nitriles is 1. The van der Waals surface area contributed by atoms with Crippen molar-refractivity contribution in [1.82, 2.24) is 9.13 Å². The van der Waals surface area contributed by atoms with Crippen molar-refractivity contribution in [3.8, 4) is 6.07 Å². The molecule has 0 amide bonds. The Bertz CT molecular complexity index is 2190. The Hall–Kier alpha value is -5.00. The van der Waals surface area contributed by atoms with Gasteiger partial charge < -0.3 is 9.30 Å². The largest absolute Gasteiger partial charge is 0.463 e. The van der Waals surface area contributed by atoms with Crippen molar-refractivity contribution in [3.05, 3.63) is 138 Å². The number of hydrogen-bond donors (Lipinski definition) is 0. The van der Waals surface area contributed by atoms with E-state index in [-0.39, 0.29) is 12.2 Å². The number of aromatic nitrogens is 2. The lowest BCUT2D eigenvalue weighted by atomic mass is 9.92. The Morgan fingerprint density at radius 2 is 1.80 bits per heavy atom. The van der Waals surface area contributed by atoms with Crippen molar-refractivity contribution < 1.29 is 9.53 Å². The molecule has 5 aromatic rings. The Morgan fingerprint density at radius 3 is 2.52 bits per heavy atom. The van der Waals surface area contributed by atoms with Gasteiger partial charge in [-0.3, -0.25) is 9.36 Å². The first-order valence-corrected chi connectivity index (χ1v) is 16.5. The lowest BCUT2D eigenvalue weighted by molar-refractivity contribution is -0.139. The highest BCUT2D eigenvalue weighted by molar-refractivity contribution is 7.07. The summed E-state index contributed by atoms with van der Waals surface area (Å²) in [5.74, 6) is -0.0927. The molecule has 0 saturated heterocycles. The zero-order valence-corrected chi connectivity index (χ0v) is 27.3. The van der Waals surface area contributed by atoms with Crippen molar-refractivity contribution in [2.75, 3.05) is 6.61 Å². The number of hydrogen-bond acceptors (Lipinski definition) is 6. The van der Waals surface area contributed by atoms with Gasteiger partial charge in [-0.25, -0.2) is 9.79 Å². The second-order valence-electron chi connectivity index (χ2n) is 11.7. The lowest BCUT2D eigenvalue weighted by Gasteiger charge is -2.26. The van der Waals surface area contributed by atoms with E-state index in [0.29, 0.717) is 45.1 Å². The molecule has 1 aliphatic heterocycles. The summed E-state index contributed by atoms with van der Waals surface area (Å²) in [4.78, 5) is 33.4. The number of rotatable bonds is 9. The van der Waals surface area contributed by atoms with E-state index < -0.39 is 12.0 Å². The smallest absolute Gasteiger partial charge is 0.338 e. The third-order valence-electron chi connectivity index (χ3n) is 8.40. The fourth-order valence-corrected chi connectivity index (χ4v) is 7.12. The van der Waals surface area contributed by atoms with Crippen molar-refractivity contribution in [3.63, 3.8) is 0 Å². The molecule has 1 aliphatic rings. The van der Waals surface area contributed by atoms with Crippen molar-refractivity contribution in [2.24, 2.45) is 4.99 Å². The van der Waals surface area contributed by atoms with Gasteiger partial charge in [-0.15, -0.1) is 0 Å². The number of thiazole rings is 1. The molecule has 0 N–H and O–H groups in total. The SMILES string of the molecule is CCCC1=C(C(=O)OCC)[C@H](c2ccc(C(C)C)cc2)n2c(s/c(=C/c3cn(Cc4ccccc4C#N)c4ccccc34)c2=O)=N1. The van der Waals surface area contributed by atoms with Gasteiger partial charge in [0, 0.05) is 29.2 Å². The van der Waals surface area contributed by atoms with E-state index in [1.165, 1.54) is 16.9 Å². The maximum atomic E-state index is 14.3. The van der Waals surface area contributed by atoms with Crippen molar-refractivity contribution in [1.29, 1.82) is 5.26 Å². The molecule has 2 aromatic heterocycles. The summed E-state index contributed by atoms with van der Waals surface area (Å²) >= 11 is 1.34. The van der Waals surface area contributed by atoms with E-state index in [2.05, 4.69) is 43.5 Å². The first kappa shape index (κ1) is 31.0. The third-order valence-corrected chi connectivity index (χ3v) is 9.38. The van der Waals surface area contributed by atoms with Crippen molar-refractivity contribution >= 4 is 34.3 Å². The second kappa shape index (κ2) is 13.2. The van der Waals surface area contributed by atoms with E-state index in [1.54, 1.807) is 11.5 Å². The molecule has 3 heterocycles. The number of allylic oxidation sites excluding steroid dienone is 1. The van der Waals surface area contributed by atoms with Crippen LogP contribution in [0.4, 0.5) is 0 Å². The van der Waals surface area contributed by atoms with Crippen LogP contribution in [-0.2, 0) is 16.1 Å². The molecule has 0 radical (unpaired) electrons. The maximum Gasteiger partial charge on any atom is 0.338 e. The molecule has 232 valence electrons. The average molecular weight is 629 g/mol. The van der Waals surface area contributed by atoms with E-state index in [0.717, 1.165) is 34.0 Å². The lowest BCUT2D eigenvalue weighted by Crippen LogP contribution is -2.40. The number of nitrogens with zero attached hydrogens (tertiary/aromatic N) is 4. The summed E-state index contributed by atoms with van der Waals surface area (Å²) in [5.41, 5.74) is 6.38. The summed E-state index contributed by atoms with van der Waals surface area (Å²) in [6, 6.07) is 25.5. The van der Waals surface area contributed by atoms with Gasteiger partial charge in [0.25, 0.3) is 5.56 Å². The van der Waals surface area contributed by atoms with Crippen molar-refractivity contribution in [2.45, 2.75) is 59.0 Å². The van der Waals surface area contributed by atoms with Crippen LogP contribution in [0.25, 0.3) is 17.0 Å². The Labute approximate surface area is 272 Å². The van der Waals surface area contributed by atoms with E-state index in [1.807, 2.05) is 72.9 Å². The van der Waals surface area contributed by atoms with Crippen LogP contribution in [0.15, 0.2) is 100 Å². The minimum absolute atomic E-state index is 0.203. The van der Waals surface area contributed by atoms with Crippen LogP contribution in [0.3, 0.4) is 0 Å². The van der Waals surface area contributed by atoms with Crippen LogP contribution in [-0.4, -0.2) is 21.7 Å². The van der Waals surface area contributed by atoms with Crippen LogP contribution in [0, 0.1) is 11.3 Å². The van der Waals surface area contributed by atoms with Crippen LogP contribution in [0.1, 0.15) is 80.3 Å². The van der Waals surface area contributed by atoms with Gasteiger partial charge in [0.05, 0.1) is 40.1 Å². The number of esters is 1. The average Bonchev–Trinajstić information content (AvgIpc) is 3.57. The summed E-state index contributed by atoms with van der Waals surface area (Å²) < 4.78 is 9.86. The standard InChI is InChI=1S/C38H36N4O3S/c1-5-11-31-34(37(44)45-6-2)35(26-18-16-25(17-19-26)24(3)4)42-36(43)33(46-38(42)40-31)20-29-23-41(32-15-10-9-14-30(29)32)22-28-13-8-7-12-27(28)21-39/h7-10,12-20,23-24,35H,5-6,11,22H2,1-4H3/b33-20+/t35-/m0/s1. The van der Waals surface area contributed by atoms with Gasteiger partial charge >= 0.3 is 5.97 Å². The zero-order chi connectivity index (χ0) is 32.4. The third kappa shape index (κ3) is 5.75. The topological polar surface area (TPSA) is 89.4 Å². The molecule has 6 rings (SSSR count). The molecule has 8 heteroatoms. The Balaban J connectivity index is 1.54. The van der Waals surface area contributed by atoms with Crippen LogP contribution < -0.4 is 14.9 Å². The van der Waals surface area contributed by atoms with Gasteiger partial charge in [0.15, 0.2) is 4.80 Å². The van der Waals surface area contributed by atoms with E-state index in [9.17, 15) is 14.9 Å². The number of ether oxygens (including phenoxy) is 1. The van der Waals surface area contributed by atoms with Crippen LogP contribution in [0.5, 0.6) is 0 Å². The van der Waals surface area contributed by atoms with Crippen LogP contribution in [0.2, 0.25) is 0 Å². The second-order valence-corrected chi connectivity index (χ2v) is 12.7. The van der Waals surface area contributed by atoms with Gasteiger partial charge in [0.1, 0.15) is 0 Å². The van der Waals surface area contributed by atoms with Gasteiger partial charge in [-0.2, -0.15) is 5.26 Å². The molecular weight excluding hydrogens is 593 g/mol. The number of carbonyl (C=O) groups excluding carboxylic acids is 1. The highest BCUT2D eigenvalue weighted by atomic mass is 32.1. The maximum absolute atomic E-state index is 14.3. The molecule has 0 fully saturated rings. The number of carbonyl (C=O) groups is 1. The normalized spacial score (nSPS) is 14.8. The van der Waals surface area contributed by atoms with Gasteiger partial charge in [-0.1, -0.05) is 99.2 Å². The predicted molar refractivity (Wildman–Crippen MR) is 182 cm³/mol. The Morgan fingerprint density at radius 1 is 1.07 bits per heavy atom. The first-order valence-electron chi connectivity index (χ1n) is 15.7. The molecule has 0 unspecified atom stereocenters. The molecule has 0 spiro atoms. The highest BCUT2D eigenvalue weighted by Gasteiger charge is 2.34. The summed E-state index contributed by atoms with van der Waals surface area (Å²) in [5, 5.41) is 10.7. The monoisotopic (exact) mass is 628 g/mol. The summed E-state index contributed by atoms with van der Waals surface area (Å²) in [6.45, 7) is 8.87. The van der Waals surface area contributed by atoms with Crippen LogP contribution >= 0.6 is 11.3 Å². The van der Waals surface area contributed by atoms with E-state index >= 15 is 0 Å². The van der Waals surface area contributed by atoms with E-state index in [4.69, 9.17) is 9.73 Å². The summed E-state index contributed by atoms with van der Waals surface area (Å²) in [6.07, 6.45) is 5.35. The van der Waals surface area contributed by atoms with Gasteiger partial charge in [0.2, 0.25) is 0 Å².